The first-order chi connectivity index (χ1) is 10.0. The highest BCUT2D eigenvalue weighted by Crippen LogP contribution is 2.22. The van der Waals surface area contributed by atoms with Gasteiger partial charge in [-0.2, -0.15) is 0 Å². The molecule has 2 heterocycles. The van der Waals surface area contributed by atoms with Crippen LogP contribution in [0.2, 0.25) is 0 Å². The van der Waals surface area contributed by atoms with Crippen LogP contribution in [-0.2, 0) is 11.3 Å². The van der Waals surface area contributed by atoms with E-state index in [1.54, 1.807) is 0 Å². The zero-order chi connectivity index (χ0) is 15.4. The zero-order valence-electron chi connectivity index (χ0n) is 13.7. The van der Waals surface area contributed by atoms with Crippen LogP contribution < -0.4 is 5.32 Å². The molecule has 2 rings (SSSR count). The maximum absolute atomic E-state index is 12.1. The van der Waals surface area contributed by atoms with Gasteiger partial charge < -0.3 is 14.6 Å². The molecule has 0 spiro atoms. The van der Waals surface area contributed by atoms with Crippen LogP contribution in [0.5, 0.6) is 0 Å². The molecular formula is C17H28N2O2. The van der Waals surface area contributed by atoms with Crippen molar-refractivity contribution < 1.29 is 9.21 Å². The van der Waals surface area contributed by atoms with E-state index in [2.05, 4.69) is 12.2 Å². The quantitative estimate of drug-likeness (QED) is 0.907. The normalized spacial score (nSPS) is 22.8. The van der Waals surface area contributed by atoms with Crippen molar-refractivity contribution in [2.75, 3.05) is 13.1 Å². The summed E-state index contributed by atoms with van der Waals surface area (Å²) in [7, 11) is 0. The van der Waals surface area contributed by atoms with E-state index in [0.29, 0.717) is 12.0 Å². The van der Waals surface area contributed by atoms with E-state index in [-0.39, 0.29) is 11.8 Å². The molecule has 21 heavy (non-hydrogen) atoms. The lowest BCUT2D eigenvalue weighted by atomic mass is 9.89. The Morgan fingerprint density at radius 1 is 1.48 bits per heavy atom. The average Bonchev–Trinajstić information content (AvgIpc) is 2.89. The van der Waals surface area contributed by atoms with E-state index >= 15 is 0 Å². The van der Waals surface area contributed by atoms with E-state index < -0.39 is 0 Å². The Morgan fingerprint density at radius 2 is 2.24 bits per heavy atom. The summed E-state index contributed by atoms with van der Waals surface area (Å²) in [4.78, 5) is 14.2. The first-order valence-electron chi connectivity index (χ1n) is 8.08. The monoisotopic (exact) mass is 292 g/mol. The van der Waals surface area contributed by atoms with Crippen LogP contribution in [0.25, 0.3) is 0 Å². The van der Waals surface area contributed by atoms with E-state index in [0.717, 1.165) is 44.0 Å². The van der Waals surface area contributed by atoms with Crippen LogP contribution in [0.3, 0.4) is 0 Å². The highest BCUT2D eigenvalue weighted by molar-refractivity contribution is 5.78. The highest BCUT2D eigenvalue weighted by atomic mass is 16.3. The van der Waals surface area contributed by atoms with Gasteiger partial charge in [-0.15, -0.1) is 0 Å². The number of aryl methyl sites for hydroxylation is 1. The fourth-order valence-corrected chi connectivity index (χ4v) is 3.09. The lowest BCUT2D eigenvalue weighted by Gasteiger charge is -2.39. The molecule has 2 atom stereocenters. The van der Waals surface area contributed by atoms with Gasteiger partial charge in [0.25, 0.3) is 0 Å². The highest BCUT2D eigenvalue weighted by Gasteiger charge is 2.30. The Morgan fingerprint density at radius 3 is 2.81 bits per heavy atom. The first-order valence-corrected chi connectivity index (χ1v) is 8.08. The SMILES string of the molecule is CCC1CN(C(=O)C(C)C)CCC1NCc1ccc(C)o1. The zero-order valence-corrected chi connectivity index (χ0v) is 13.7. The van der Waals surface area contributed by atoms with Gasteiger partial charge in [0.15, 0.2) is 0 Å². The summed E-state index contributed by atoms with van der Waals surface area (Å²) in [6.07, 6.45) is 2.12. The van der Waals surface area contributed by atoms with Crippen molar-refractivity contribution in [2.24, 2.45) is 11.8 Å². The molecule has 0 saturated carbocycles. The Labute approximate surface area is 127 Å². The number of hydrogen-bond donors (Lipinski definition) is 1. The van der Waals surface area contributed by atoms with Crippen molar-refractivity contribution >= 4 is 5.91 Å². The molecule has 1 aliphatic heterocycles. The van der Waals surface area contributed by atoms with Gasteiger partial charge in [-0.3, -0.25) is 4.79 Å². The summed E-state index contributed by atoms with van der Waals surface area (Å²) >= 11 is 0. The molecule has 1 amide bonds. The maximum atomic E-state index is 12.1. The summed E-state index contributed by atoms with van der Waals surface area (Å²) in [5.41, 5.74) is 0. The molecular weight excluding hydrogens is 264 g/mol. The third-order valence-electron chi connectivity index (χ3n) is 4.40. The fourth-order valence-electron chi connectivity index (χ4n) is 3.09. The Balaban J connectivity index is 1.88. The van der Waals surface area contributed by atoms with E-state index in [4.69, 9.17) is 4.42 Å². The summed E-state index contributed by atoms with van der Waals surface area (Å²) in [6.45, 7) is 10.6. The van der Waals surface area contributed by atoms with Crippen molar-refractivity contribution in [1.82, 2.24) is 10.2 Å². The van der Waals surface area contributed by atoms with Crippen molar-refractivity contribution in [3.63, 3.8) is 0 Å². The third-order valence-corrected chi connectivity index (χ3v) is 4.40. The molecule has 1 N–H and O–H groups in total. The van der Waals surface area contributed by atoms with Gasteiger partial charge in [0, 0.05) is 25.0 Å². The fraction of sp³-hybridized carbons (Fsp3) is 0.706. The third kappa shape index (κ3) is 4.10. The van der Waals surface area contributed by atoms with Gasteiger partial charge in [-0.25, -0.2) is 0 Å². The van der Waals surface area contributed by atoms with Crippen molar-refractivity contribution in [2.45, 2.75) is 53.1 Å². The van der Waals surface area contributed by atoms with Crippen LogP contribution in [0.1, 0.15) is 45.1 Å². The maximum Gasteiger partial charge on any atom is 0.225 e. The number of carbonyl (C=O) groups is 1. The molecule has 2 unspecified atom stereocenters. The van der Waals surface area contributed by atoms with Crippen LogP contribution >= 0.6 is 0 Å². The van der Waals surface area contributed by atoms with Crippen LogP contribution in [0.4, 0.5) is 0 Å². The van der Waals surface area contributed by atoms with Crippen LogP contribution in [0, 0.1) is 18.8 Å². The van der Waals surface area contributed by atoms with Crippen molar-refractivity contribution in [1.29, 1.82) is 0 Å². The number of nitrogens with zero attached hydrogens (tertiary/aromatic N) is 1. The van der Waals surface area contributed by atoms with Crippen LogP contribution in [-0.4, -0.2) is 29.9 Å². The van der Waals surface area contributed by atoms with Crippen molar-refractivity contribution in [3.8, 4) is 0 Å². The molecule has 0 aliphatic carbocycles. The minimum Gasteiger partial charge on any atom is -0.465 e. The van der Waals surface area contributed by atoms with Gasteiger partial charge >= 0.3 is 0 Å². The molecule has 1 aromatic heterocycles. The Hall–Kier alpha value is -1.29. The lowest BCUT2D eigenvalue weighted by Crippen LogP contribution is -2.51. The summed E-state index contributed by atoms with van der Waals surface area (Å²) in [5, 5.41) is 3.61. The minimum absolute atomic E-state index is 0.0955. The van der Waals surface area contributed by atoms with E-state index in [9.17, 15) is 4.79 Å². The Bertz CT molecular complexity index is 467. The number of hydrogen-bond acceptors (Lipinski definition) is 3. The molecule has 4 nitrogen and oxygen atoms in total. The second-order valence-corrected chi connectivity index (χ2v) is 6.40. The smallest absolute Gasteiger partial charge is 0.225 e. The van der Waals surface area contributed by atoms with E-state index in [1.807, 2.05) is 37.8 Å². The molecule has 118 valence electrons. The second kappa shape index (κ2) is 7.12. The predicted octanol–water partition coefficient (Wildman–Crippen LogP) is 2.96. The molecule has 1 fully saturated rings. The number of likely N-dealkylation sites (tertiary alicyclic amines) is 1. The lowest BCUT2D eigenvalue weighted by molar-refractivity contribution is -0.136. The average molecular weight is 292 g/mol. The first kappa shape index (κ1) is 16.1. The summed E-state index contributed by atoms with van der Waals surface area (Å²) in [6, 6.07) is 4.50. The molecule has 1 aromatic rings. The van der Waals surface area contributed by atoms with Gasteiger partial charge in [0.2, 0.25) is 5.91 Å². The summed E-state index contributed by atoms with van der Waals surface area (Å²) < 4.78 is 5.61. The number of nitrogens with one attached hydrogen (secondary N) is 1. The molecule has 1 aliphatic rings. The number of furan rings is 1. The largest absolute Gasteiger partial charge is 0.465 e. The van der Waals surface area contributed by atoms with Gasteiger partial charge in [-0.1, -0.05) is 27.2 Å². The van der Waals surface area contributed by atoms with Crippen LogP contribution in [0.15, 0.2) is 16.5 Å². The number of carbonyl (C=O) groups excluding carboxylic acids is 1. The molecule has 0 bridgehead atoms. The topological polar surface area (TPSA) is 45.5 Å². The van der Waals surface area contributed by atoms with Gasteiger partial charge in [-0.05, 0) is 31.4 Å². The number of rotatable bonds is 5. The van der Waals surface area contributed by atoms with Crippen molar-refractivity contribution in [3.05, 3.63) is 23.7 Å². The second-order valence-electron chi connectivity index (χ2n) is 6.40. The number of piperidine rings is 1. The molecule has 0 aromatic carbocycles. The predicted molar refractivity (Wildman–Crippen MR) is 83.9 cm³/mol. The summed E-state index contributed by atoms with van der Waals surface area (Å²) in [5.74, 6) is 2.85. The molecule has 0 radical (unpaired) electrons. The van der Waals surface area contributed by atoms with Gasteiger partial charge in [0.1, 0.15) is 11.5 Å². The standard InChI is InChI=1S/C17H28N2O2/c1-5-14-11-19(17(20)12(2)3)9-8-16(14)18-10-15-7-6-13(4)21-15/h6-7,12,14,16,18H,5,8-11H2,1-4H3. The Kier molecular flexibility index (Phi) is 5.45. The van der Waals surface area contributed by atoms with E-state index in [1.165, 1.54) is 0 Å². The molecule has 1 saturated heterocycles. The molecule has 4 heteroatoms. The minimum atomic E-state index is 0.0955. The number of amides is 1. The van der Waals surface area contributed by atoms with Gasteiger partial charge in [0.05, 0.1) is 6.54 Å².